The van der Waals surface area contributed by atoms with Crippen LogP contribution in [0.3, 0.4) is 0 Å². The second-order valence-corrected chi connectivity index (χ2v) is 12.4. The second-order valence-electron chi connectivity index (χ2n) is 10.4. The summed E-state index contributed by atoms with van der Waals surface area (Å²) in [6.07, 6.45) is 1.14. The first-order valence-corrected chi connectivity index (χ1v) is 14.4. The number of sulfonamides is 1. The highest BCUT2D eigenvalue weighted by Crippen LogP contribution is 2.27. The molecule has 0 bridgehead atoms. The molecule has 0 radical (unpaired) electrons. The summed E-state index contributed by atoms with van der Waals surface area (Å²) in [6, 6.07) is 12.0. The number of ether oxygens (including phenoxy) is 1. The van der Waals surface area contributed by atoms with Gasteiger partial charge in [-0.25, -0.2) is 8.42 Å². The monoisotopic (exact) mass is 559 g/mol. The molecule has 214 valence electrons. The van der Waals surface area contributed by atoms with Gasteiger partial charge in [-0.3, -0.25) is 9.59 Å². The highest BCUT2D eigenvalue weighted by molar-refractivity contribution is 7.89. The largest absolute Gasteiger partial charge is 0.497 e. The summed E-state index contributed by atoms with van der Waals surface area (Å²) in [5.74, 6) is -0.265. The third kappa shape index (κ3) is 7.49. The molecule has 39 heavy (non-hydrogen) atoms. The molecule has 2 aromatic carbocycles. The molecular formula is C28H41N5O5S. The van der Waals surface area contributed by atoms with E-state index < -0.39 is 22.5 Å². The first-order valence-electron chi connectivity index (χ1n) is 13.0. The zero-order valence-electron chi connectivity index (χ0n) is 24.0. The number of nitrogens with one attached hydrogen (secondary N) is 1. The number of rotatable bonds is 11. The van der Waals surface area contributed by atoms with Crippen LogP contribution in [0.15, 0.2) is 41.3 Å². The van der Waals surface area contributed by atoms with Crippen molar-refractivity contribution in [3.05, 3.63) is 53.1 Å². The Kier molecular flexibility index (Phi) is 9.98. The van der Waals surface area contributed by atoms with Crippen molar-refractivity contribution >= 4 is 27.5 Å². The third-order valence-corrected chi connectivity index (χ3v) is 9.29. The van der Waals surface area contributed by atoms with E-state index in [9.17, 15) is 18.0 Å². The third-order valence-electron chi connectivity index (χ3n) is 7.18. The molecule has 0 unspecified atom stereocenters. The molecule has 2 aromatic rings. The number of aryl methyl sites for hydroxylation is 2. The Hall–Kier alpha value is -3.15. The summed E-state index contributed by atoms with van der Waals surface area (Å²) in [5.41, 5.74) is 3.22. The Bertz CT molecular complexity index is 1260. The standard InChI is InChI=1S/C28H41N5O5S/c1-20-14-25(38-7)15-21(2)28(20)39(36,37)32(6)19-26(34)29-16-27(35)31(5)17-22-8-10-23(11-9-22)33-13-12-24(18-33)30(3)4/h8-11,14-15,24H,12-13,16-19H2,1-7H3,(H,29,34)/t24-/m1/s1. The van der Waals surface area contributed by atoms with Crippen LogP contribution >= 0.6 is 0 Å². The smallest absolute Gasteiger partial charge is 0.243 e. The molecule has 11 heteroatoms. The average Bonchev–Trinajstić information content (AvgIpc) is 3.37. The predicted octanol–water partition coefficient (Wildman–Crippen LogP) is 1.85. The van der Waals surface area contributed by atoms with Gasteiger partial charge in [0.25, 0.3) is 0 Å². The van der Waals surface area contributed by atoms with E-state index in [1.54, 1.807) is 33.0 Å². The second kappa shape index (κ2) is 12.8. The molecule has 1 N–H and O–H groups in total. The van der Waals surface area contributed by atoms with Crippen molar-refractivity contribution in [3.8, 4) is 5.75 Å². The van der Waals surface area contributed by atoms with Gasteiger partial charge in [0.2, 0.25) is 21.8 Å². The zero-order chi connectivity index (χ0) is 28.9. The highest BCUT2D eigenvalue weighted by atomic mass is 32.2. The van der Waals surface area contributed by atoms with Gasteiger partial charge in [-0.05, 0) is 75.3 Å². The van der Waals surface area contributed by atoms with E-state index in [0.717, 1.165) is 29.4 Å². The van der Waals surface area contributed by atoms with Crippen LogP contribution in [-0.2, 0) is 26.2 Å². The topological polar surface area (TPSA) is 102 Å². The number of anilines is 1. The maximum atomic E-state index is 13.1. The number of hydrogen-bond donors (Lipinski definition) is 1. The Morgan fingerprint density at radius 3 is 2.21 bits per heavy atom. The number of hydrogen-bond acceptors (Lipinski definition) is 7. The van der Waals surface area contributed by atoms with Gasteiger partial charge in [-0.2, -0.15) is 4.31 Å². The van der Waals surface area contributed by atoms with E-state index >= 15 is 0 Å². The molecule has 10 nitrogen and oxygen atoms in total. The van der Waals surface area contributed by atoms with Gasteiger partial charge in [-0.15, -0.1) is 0 Å². The summed E-state index contributed by atoms with van der Waals surface area (Å²) in [5, 5.41) is 2.54. The van der Waals surface area contributed by atoms with Crippen LogP contribution in [0.1, 0.15) is 23.1 Å². The summed E-state index contributed by atoms with van der Waals surface area (Å²) in [4.78, 5) is 31.4. The van der Waals surface area contributed by atoms with E-state index in [4.69, 9.17) is 4.74 Å². The lowest BCUT2D eigenvalue weighted by molar-refractivity contribution is -0.132. The van der Waals surface area contributed by atoms with Gasteiger partial charge < -0.3 is 24.8 Å². The first kappa shape index (κ1) is 30.4. The van der Waals surface area contributed by atoms with E-state index in [2.05, 4.69) is 41.3 Å². The van der Waals surface area contributed by atoms with Crippen molar-refractivity contribution in [2.24, 2.45) is 0 Å². The van der Waals surface area contributed by atoms with Gasteiger partial charge in [0.1, 0.15) is 5.75 Å². The van der Waals surface area contributed by atoms with Gasteiger partial charge in [-0.1, -0.05) is 12.1 Å². The summed E-state index contributed by atoms with van der Waals surface area (Å²) in [6.45, 7) is 5.17. The van der Waals surface area contributed by atoms with Crippen molar-refractivity contribution < 1.29 is 22.7 Å². The number of amides is 2. The van der Waals surface area contributed by atoms with Gasteiger partial charge in [0.05, 0.1) is 25.1 Å². The van der Waals surface area contributed by atoms with Crippen LogP contribution in [0.5, 0.6) is 5.75 Å². The summed E-state index contributed by atoms with van der Waals surface area (Å²) < 4.78 is 32.5. The molecule has 3 rings (SSSR count). The minimum atomic E-state index is -3.92. The fraction of sp³-hybridized carbons (Fsp3) is 0.500. The molecule has 0 spiro atoms. The van der Waals surface area contributed by atoms with Crippen LogP contribution in [0.2, 0.25) is 0 Å². The van der Waals surface area contributed by atoms with E-state index in [0.29, 0.717) is 29.5 Å². The summed E-state index contributed by atoms with van der Waals surface area (Å²) >= 11 is 0. The fourth-order valence-electron chi connectivity index (χ4n) is 4.82. The van der Waals surface area contributed by atoms with Crippen molar-refractivity contribution in [2.45, 2.75) is 37.8 Å². The minimum absolute atomic E-state index is 0.141. The van der Waals surface area contributed by atoms with Crippen molar-refractivity contribution in [2.75, 3.05) is 66.4 Å². The van der Waals surface area contributed by atoms with Crippen LogP contribution < -0.4 is 15.0 Å². The lowest BCUT2D eigenvalue weighted by Gasteiger charge is -2.23. The van der Waals surface area contributed by atoms with Crippen molar-refractivity contribution in [3.63, 3.8) is 0 Å². The van der Waals surface area contributed by atoms with Crippen LogP contribution in [0.4, 0.5) is 5.69 Å². The maximum absolute atomic E-state index is 13.1. The van der Waals surface area contributed by atoms with Gasteiger partial charge in [0, 0.05) is 45.5 Å². The van der Waals surface area contributed by atoms with E-state index in [1.807, 2.05) is 12.1 Å². The minimum Gasteiger partial charge on any atom is -0.497 e. The first-order chi connectivity index (χ1) is 18.3. The van der Waals surface area contributed by atoms with Crippen molar-refractivity contribution in [1.29, 1.82) is 0 Å². The SMILES string of the molecule is COc1cc(C)c(S(=O)(=O)N(C)CC(=O)NCC(=O)N(C)Cc2ccc(N3CC[C@@H](N(C)C)C3)cc2)c(C)c1. The Balaban J connectivity index is 1.50. The number of carbonyl (C=O) groups excluding carboxylic acids is 2. The fourth-order valence-corrected chi connectivity index (χ4v) is 6.35. The summed E-state index contributed by atoms with van der Waals surface area (Å²) in [7, 11) is 4.84. The Labute approximate surface area is 232 Å². The number of carbonyl (C=O) groups is 2. The maximum Gasteiger partial charge on any atom is 0.243 e. The van der Waals surface area contributed by atoms with E-state index in [-0.39, 0.29) is 17.3 Å². The molecule has 0 aromatic heterocycles. The van der Waals surface area contributed by atoms with Gasteiger partial charge in [0.15, 0.2) is 0 Å². The molecule has 1 aliphatic heterocycles. The molecule has 1 fully saturated rings. The lowest BCUT2D eigenvalue weighted by atomic mass is 10.1. The average molecular weight is 560 g/mol. The zero-order valence-corrected chi connectivity index (χ0v) is 24.8. The van der Waals surface area contributed by atoms with Crippen molar-refractivity contribution in [1.82, 2.24) is 19.4 Å². The number of likely N-dealkylation sites (N-methyl/N-ethyl adjacent to an activating group) is 3. The molecule has 1 heterocycles. The van der Waals surface area contributed by atoms with Crippen LogP contribution in [-0.4, -0.2) is 102 Å². The normalized spacial score (nSPS) is 15.6. The number of methoxy groups -OCH3 is 1. The Morgan fingerprint density at radius 2 is 1.67 bits per heavy atom. The molecular weight excluding hydrogens is 518 g/mol. The van der Waals surface area contributed by atoms with E-state index in [1.165, 1.54) is 24.7 Å². The van der Waals surface area contributed by atoms with Gasteiger partial charge >= 0.3 is 0 Å². The highest BCUT2D eigenvalue weighted by Gasteiger charge is 2.27. The molecule has 1 aliphatic rings. The number of nitrogens with zero attached hydrogens (tertiary/aromatic N) is 4. The predicted molar refractivity (Wildman–Crippen MR) is 153 cm³/mol. The van der Waals surface area contributed by atoms with Crippen LogP contribution in [0, 0.1) is 13.8 Å². The molecule has 0 aliphatic carbocycles. The Morgan fingerprint density at radius 1 is 1.05 bits per heavy atom. The molecule has 1 atom stereocenters. The number of benzene rings is 2. The van der Waals surface area contributed by atoms with Crippen LogP contribution in [0.25, 0.3) is 0 Å². The quantitative estimate of drug-likeness (QED) is 0.448. The molecule has 2 amide bonds. The molecule has 1 saturated heterocycles. The molecule has 0 saturated carbocycles. The lowest BCUT2D eigenvalue weighted by Crippen LogP contribution is -2.43.